The third-order valence-electron chi connectivity index (χ3n) is 4.25. The number of rotatable bonds is 6. The van der Waals surface area contributed by atoms with Crippen molar-refractivity contribution in [1.82, 2.24) is 10.2 Å². The summed E-state index contributed by atoms with van der Waals surface area (Å²) in [5, 5.41) is 3.74. The summed E-state index contributed by atoms with van der Waals surface area (Å²) in [7, 11) is 2.30. The van der Waals surface area contributed by atoms with Crippen molar-refractivity contribution in [3.8, 4) is 0 Å². The van der Waals surface area contributed by atoms with E-state index in [1.807, 2.05) is 0 Å². The maximum Gasteiger partial charge on any atom is 0.0191 e. The molecule has 0 spiro atoms. The number of nitrogens with one attached hydrogen (secondary N) is 1. The van der Waals surface area contributed by atoms with Gasteiger partial charge < -0.3 is 10.2 Å². The predicted molar refractivity (Wildman–Crippen MR) is 77.9 cm³/mol. The van der Waals surface area contributed by atoms with Crippen molar-refractivity contribution in [3.05, 3.63) is 0 Å². The molecule has 0 bridgehead atoms. The smallest absolute Gasteiger partial charge is 0.0191 e. The fourth-order valence-electron chi connectivity index (χ4n) is 2.99. The molecule has 1 aliphatic carbocycles. The monoisotopic (exact) mass is 256 g/mol. The zero-order chi connectivity index (χ0) is 11.9. The minimum Gasteiger partial charge on any atom is -0.314 e. The second-order valence-electron chi connectivity index (χ2n) is 5.64. The lowest BCUT2D eigenvalue weighted by molar-refractivity contribution is 0.254. The molecule has 2 fully saturated rings. The standard InChI is InChI=1S/C14H28N2S/c1-16(14-8-11-17-12-14)10-5-9-15-13-6-3-2-4-7-13/h13-15H,2-12H2,1H3. The second kappa shape index (κ2) is 7.65. The first kappa shape index (κ1) is 13.7. The molecule has 2 rings (SSSR count). The lowest BCUT2D eigenvalue weighted by atomic mass is 9.95. The van der Waals surface area contributed by atoms with Crippen molar-refractivity contribution in [2.45, 2.75) is 57.0 Å². The summed E-state index contributed by atoms with van der Waals surface area (Å²) >= 11 is 2.12. The fourth-order valence-corrected chi connectivity index (χ4v) is 4.29. The average Bonchev–Trinajstić information content (AvgIpc) is 2.89. The van der Waals surface area contributed by atoms with Crippen molar-refractivity contribution in [2.75, 3.05) is 31.6 Å². The van der Waals surface area contributed by atoms with Gasteiger partial charge in [0.05, 0.1) is 0 Å². The van der Waals surface area contributed by atoms with Gasteiger partial charge in [-0.1, -0.05) is 19.3 Å². The number of thioether (sulfide) groups is 1. The van der Waals surface area contributed by atoms with E-state index in [1.165, 1.54) is 69.5 Å². The number of hydrogen-bond acceptors (Lipinski definition) is 3. The molecule has 0 aromatic rings. The quantitative estimate of drug-likeness (QED) is 0.736. The Balaban J connectivity index is 1.50. The molecule has 2 aliphatic rings. The predicted octanol–water partition coefficient (Wildman–Crippen LogP) is 2.74. The molecule has 1 saturated carbocycles. The molecule has 1 heterocycles. The summed E-state index contributed by atoms with van der Waals surface area (Å²) in [5.41, 5.74) is 0. The zero-order valence-corrected chi connectivity index (χ0v) is 12.1. The van der Waals surface area contributed by atoms with E-state index in [0.29, 0.717) is 0 Å². The van der Waals surface area contributed by atoms with Crippen LogP contribution >= 0.6 is 11.8 Å². The van der Waals surface area contributed by atoms with Crippen molar-refractivity contribution < 1.29 is 0 Å². The fraction of sp³-hybridized carbons (Fsp3) is 1.00. The van der Waals surface area contributed by atoms with Gasteiger partial charge in [-0.3, -0.25) is 0 Å². The van der Waals surface area contributed by atoms with Crippen LogP contribution in [-0.2, 0) is 0 Å². The van der Waals surface area contributed by atoms with Crippen molar-refractivity contribution in [3.63, 3.8) is 0 Å². The zero-order valence-electron chi connectivity index (χ0n) is 11.3. The Morgan fingerprint density at radius 3 is 2.71 bits per heavy atom. The molecule has 3 heteroatoms. The van der Waals surface area contributed by atoms with Gasteiger partial charge in [0.25, 0.3) is 0 Å². The highest BCUT2D eigenvalue weighted by atomic mass is 32.2. The average molecular weight is 256 g/mol. The Kier molecular flexibility index (Phi) is 6.16. The first-order valence-electron chi connectivity index (χ1n) is 7.37. The van der Waals surface area contributed by atoms with Gasteiger partial charge in [-0.25, -0.2) is 0 Å². The van der Waals surface area contributed by atoms with Gasteiger partial charge in [0.15, 0.2) is 0 Å². The van der Waals surface area contributed by atoms with E-state index >= 15 is 0 Å². The molecule has 100 valence electrons. The maximum absolute atomic E-state index is 3.74. The molecule has 1 saturated heterocycles. The van der Waals surface area contributed by atoms with E-state index in [-0.39, 0.29) is 0 Å². The molecule has 17 heavy (non-hydrogen) atoms. The van der Waals surface area contributed by atoms with Crippen LogP contribution in [0, 0.1) is 0 Å². The van der Waals surface area contributed by atoms with Crippen molar-refractivity contribution in [1.29, 1.82) is 0 Å². The summed E-state index contributed by atoms with van der Waals surface area (Å²) in [5.74, 6) is 2.72. The molecule has 1 aliphatic heterocycles. The van der Waals surface area contributed by atoms with Crippen LogP contribution in [0.3, 0.4) is 0 Å². The minimum absolute atomic E-state index is 0.830. The van der Waals surface area contributed by atoms with Gasteiger partial charge in [0.2, 0.25) is 0 Å². The molecular formula is C14H28N2S. The Hall–Kier alpha value is 0.270. The minimum atomic E-state index is 0.830. The van der Waals surface area contributed by atoms with Gasteiger partial charge >= 0.3 is 0 Å². The molecule has 0 aromatic heterocycles. The SMILES string of the molecule is CN(CCCNC1CCCCC1)C1CCSC1. The van der Waals surface area contributed by atoms with Crippen LogP contribution in [0.5, 0.6) is 0 Å². The molecule has 1 unspecified atom stereocenters. The Morgan fingerprint density at radius 1 is 1.18 bits per heavy atom. The summed E-state index contributed by atoms with van der Waals surface area (Å²) in [6.07, 6.45) is 9.88. The molecule has 0 radical (unpaired) electrons. The van der Waals surface area contributed by atoms with Crippen LogP contribution in [0.4, 0.5) is 0 Å². The molecule has 0 amide bonds. The van der Waals surface area contributed by atoms with E-state index in [1.54, 1.807) is 0 Å². The second-order valence-corrected chi connectivity index (χ2v) is 6.79. The van der Waals surface area contributed by atoms with E-state index in [0.717, 1.165) is 12.1 Å². The summed E-state index contributed by atoms with van der Waals surface area (Å²) in [4.78, 5) is 2.57. The van der Waals surface area contributed by atoms with Crippen LogP contribution in [0.25, 0.3) is 0 Å². The van der Waals surface area contributed by atoms with Gasteiger partial charge in [-0.15, -0.1) is 0 Å². The first-order chi connectivity index (χ1) is 8.36. The molecule has 1 N–H and O–H groups in total. The summed E-state index contributed by atoms with van der Waals surface area (Å²) in [6, 6.07) is 1.69. The Bertz CT molecular complexity index is 198. The van der Waals surface area contributed by atoms with Crippen LogP contribution in [0.2, 0.25) is 0 Å². The normalized spacial score (nSPS) is 26.8. The van der Waals surface area contributed by atoms with Gasteiger partial charge in [-0.2, -0.15) is 11.8 Å². The van der Waals surface area contributed by atoms with Crippen LogP contribution < -0.4 is 5.32 Å². The third kappa shape index (κ3) is 4.80. The van der Waals surface area contributed by atoms with Gasteiger partial charge in [-0.05, 0) is 51.6 Å². The highest BCUT2D eigenvalue weighted by molar-refractivity contribution is 7.99. The maximum atomic E-state index is 3.74. The van der Waals surface area contributed by atoms with E-state index in [9.17, 15) is 0 Å². The van der Waals surface area contributed by atoms with Crippen LogP contribution in [-0.4, -0.2) is 48.6 Å². The molecule has 0 aromatic carbocycles. The van der Waals surface area contributed by atoms with Crippen molar-refractivity contribution >= 4 is 11.8 Å². The summed E-state index contributed by atoms with van der Waals surface area (Å²) in [6.45, 7) is 2.49. The van der Waals surface area contributed by atoms with E-state index < -0.39 is 0 Å². The van der Waals surface area contributed by atoms with Crippen LogP contribution in [0.15, 0.2) is 0 Å². The largest absolute Gasteiger partial charge is 0.314 e. The topological polar surface area (TPSA) is 15.3 Å². The van der Waals surface area contributed by atoms with E-state index in [2.05, 4.69) is 29.0 Å². The van der Waals surface area contributed by atoms with E-state index in [4.69, 9.17) is 0 Å². The van der Waals surface area contributed by atoms with Gasteiger partial charge in [0.1, 0.15) is 0 Å². The van der Waals surface area contributed by atoms with Crippen LogP contribution in [0.1, 0.15) is 44.9 Å². The molecule has 2 nitrogen and oxygen atoms in total. The van der Waals surface area contributed by atoms with Crippen molar-refractivity contribution in [2.24, 2.45) is 0 Å². The lowest BCUT2D eigenvalue weighted by Crippen LogP contribution is -2.36. The summed E-state index contributed by atoms with van der Waals surface area (Å²) < 4.78 is 0. The highest BCUT2D eigenvalue weighted by Crippen LogP contribution is 2.21. The molecular weight excluding hydrogens is 228 g/mol. The number of hydrogen-bond donors (Lipinski definition) is 1. The Morgan fingerprint density at radius 2 is 2.00 bits per heavy atom. The third-order valence-corrected chi connectivity index (χ3v) is 5.40. The van der Waals surface area contributed by atoms with Gasteiger partial charge in [0, 0.05) is 17.8 Å². The lowest BCUT2D eigenvalue weighted by Gasteiger charge is -2.25. The highest BCUT2D eigenvalue weighted by Gasteiger charge is 2.19. The molecule has 1 atom stereocenters. The Labute approximate surface area is 111 Å². The number of nitrogens with zero attached hydrogens (tertiary/aromatic N) is 1. The first-order valence-corrected chi connectivity index (χ1v) is 8.53.